The Morgan fingerprint density at radius 1 is 1.44 bits per heavy atom. The molecule has 0 aliphatic rings. The van der Waals surface area contributed by atoms with Crippen molar-refractivity contribution in [3.8, 4) is 0 Å². The Morgan fingerprint density at radius 2 is 2.11 bits per heavy atom. The molecular weight excluding hydrogens is 320 g/mol. The summed E-state index contributed by atoms with van der Waals surface area (Å²) in [5.74, 6) is 0.590. The van der Waals surface area contributed by atoms with Crippen LogP contribution in [0.2, 0.25) is 0 Å². The van der Waals surface area contributed by atoms with Gasteiger partial charge in [0.05, 0.1) is 6.54 Å². The van der Waals surface area contributed by atoms with Crippen LogP contribution in [0.15, 0.2) is 20.0 Å². The zero-order chi connectivity index (χ0) is 13.8. The number of halogens is 1. The van der Waals surface area contributed by atoms with Gasteiger partial charge in [0.1, 0.15) is 10.7 Å². The molecule has 0 unspecified atom stereocenters. The first-order valence-corrected chi connectivity index (χ1v) is 8.15. The van der Waals surface area contributed by atoms with Gasteiger partial charge in [-0.25, -0.2) is 13.1 Å². The lowest BCUT2D eigenvalue weighted by Gasteiger charge is -2.04. The highest BCUT2D eigenvalue weighted by atomic mass is 79.9. The van der Waals surface area contributed by atoms with Crippen LogP contribution in [-0.2, 0) is 16.6 Å². The van der Waals surface area contributed by atoms with Gasteiger partial charge in [0.15, 0.2) is 4.67 Å². The van der Waals surface area contributed by atoms with Crippen LogP contribution < -0.4 is 10.0 Å². The molecule has 0 bridgehead atoms. The lowest BCUT2D eigenvalue weighted by Crippen LogP contribution is -2.24. The summed E-state index contributed by atoms with van der Waals surface area (Å²) in [6.07, 6.45) is 0.746. The van der Waals surface area contributed by atoms with Crippen molar-refractivity contribution in [2.45, 2.75) is 44.7 Å². The summed E-state index contributed by atoms with van der Waals surface area (Å²) < 4.78 is 32.0. The molecule has 0 saturated heterocycles. The van der Waals surface area contributed by atoms with Gasteiger partial charge in [-0.15, -0.1) is 0 Å². The maximum atomic E-state index is 11.9. The molecule has 0 fully saturated rings. The molecule has 0 spiro atoms. The number of furan rings is 1. The van der Waals surface area contributed by atoms with E-state index in [0.717, 1.165) is 6.42 Å². The van der Waals surface area contributed by atoms with Gasteiger partial charge >= 0.3 is 0 Å². The van der Waals surface area contributed by atoms with Gasteiger partial charge in [-0.1, -0.05) is 20.8 Å². The minimum absolute atomic E-state index is 0.150. The van der Waals surface area contributed by atoms with Crippen molar-refractivity contribution in [1.29, 1.82) is 0 Å². The first-order chi connectivity index (χ1) is 8.36. The first-order valence-electron chi connectivity index (χ1n) is 5.88. The highest BCUT2D eigenvalue weighted by Crippen LogP contribution is 2.26. The molecule has 1 rings (SSSR count). The molecule has 0 saturated carbocycles. The molecule has 5 nitrogen and oxygen atoms in total. The minimum atomic E-state index is -3.49. The zero-order valence-electron chi connectivity index (χ0n) is 10.8. The minimum Gasteiger partial charge on any atom is -0.452 e. The molecular formula is C11H19BrN2O3S. The van der Waals surface area contributed by atoms with E-state index in [4.69, 9.17) is 4.42 Å². The van der Waals surface area contributed by atoms with E-state index in [2.05, 4.69) is 26.0 Å². The van der Waals surface area contributed by atoms with E-state index in [1.807, 2.05) is 20.8 Å². The van der Waals surface area contributed by atoms with Crippen molar-refractivity contribution in [3.05, 3.63) is 16.5 Å². The van der Waals surface area contributed by atoms with E-state index in [1.165, 1.54) is 6.07 Å². The molecule has 1 heterocycles. The van der Waals surface area contributed by atoms with E-state index in [1.54, 1.807) is 0 Å². The maximum absolute atomic E-state index is 11.9. The third-order valence-corrected chi connectivity index (χ3v) is 4.54. The molecule has 0 radical (unpaired) electrons. The van der Waals surface area contributed by atoms with Crippen LogP contribution in [0.4, 0.5) is 0 Å². The standard InChI is InChI=1S/C11H19BrN2O3S/c1-4-5-14-18(15,16)10-6-9(17-11(10)12)7-13-8(2)3/h6,8,13-14H,4-5,7H2,1-3H3. The maximum Gasteiger partial charge on any atom is 0.244 e. The quantitative estimate of drug-likeness (QED) is 0.799. The van der Waals surface area contributed by atoms with Crippen LogP contribution in [0.1, 0.15) is 33.0 Å². The van der Waals surface area contributed by atoms with Gasteiger partial charge in [0, 0.05) is 18.7 Å². The highest BCUT2D eigenvalue weighted by molar-refractivity contribution is 9.10. The fraction of sp³-hybridized carbons (Fsp3) is 0.636. The number of hydrogen-bond acceptors (Lipinski definition) is 4. The molecule has 0 aliphatic carbocycles. The Labute approximate surface area is 117 Å². The zero-order valence-corrected chi connectivity index (χ0v) is 13.2. The smallest absolute Gasteiger partial charge is 0.244 e. The van der Waals surface area contributed by atoms with Crippen molar-refractivity contribution in [3.63, 3.8) is 0 Å². The molecule has 104 valence electrons. The normalized spacial score (nSPS) is 12.3. The molecule has 1 aromatic heterocycles. The second-order valence-electron chi connectivity index (χ2n) is 4.28. The monoisotopic (exact) mass is 338 g/mol. The molecule has 1 aromatic rings. The van der Waals surface area contributed by atoms with Crippen LogP contribution in [0.25, 0.3) is 0 Å². The highest BCUT2D eigenvalue weighted by Gasteiger charge is 2.21. The molecule has 0 aliphatic heterocycles. The van der Waals surface area contributed by atoms with Crippen LogP contribution in [0, 0.1) is 0 Å². The van der Waals surface area contributed by atoms with E-state index in [0.29, 0.717) is 24.9 Å². The van der Waals surface area contributed by atoms with Crippen molar-refractivity contribution >= 4 is 26.0 Å². The number of sulfonamides is 1. The molecule has 0 aromatic carbocycles. The fourth-order valence-corrected chi connectivity index (χ4v) is 3.42. The Balaban J connectivity index is 2.84. The predicted octanol–water partition coefficient (Wildman–Crippen LogP) is 2.23. The average Bonchev–Trinajstić information content (AvgIpc) is 2.66. The van der Waals surface area contributed by atoms with Crippen molar-refractivity contribution in [2.24, 2.45) is 0 Å². The van der Waals surface area contributed by atoms with Crippen molar-refractivity contribution < 1.29 is 12.8 Å². The SMILES string of the molecule is CCCNS(=O)(=O)c1cc(CNC(C)C)oc1Br. The van der Waals surface area contributed by atoms with Gasteiger partial charge < -0.3 is 9.73 Å². The molecule has 0 atom stereocenters. The Bertz CT molecular complexity index is 482. The van der Waals surface area contributed by atoms with Gasteiger partial charge in [0.2, 0.25) is 10.0 Å². The topological polar surface area (TPSA) is 71.3 Å². The summed E-state index contributed by atoms with van der Waals surface area (Å²) in [5, 5.41) is 3.17. The van der Waals surface area contributed by atoms with Crippen molar-refractivity contribution in [2.75, 3.05) is 6.54 Å². The summed E-state index contributed by atoms with van der Waals surface area (Å²) in [4.78, 5) is 0.150. The third kappa shape index (κ3) is 4.38. The van der Waals surface area contributed by atoms with Crippen LogP contribution >= 0.6 is 15.9 Å². The summed E-state index contributed by atoms with van der Waals surface area (Å²) in [7, 11) is -3.49. The summed E-state index contributed by atoms with van der Waals surface area (Å²) >= 11 is 3.14. The van der Waals surface area contributed by atoms with E-state index in [9.17, 15) is 8.42 Å². The Hall–Kier alpha value is -0.370. The molecule has 2 N–H and O–H groups in total. The van der Waals surface area contributed by atoms with E-state index >= 15 is 0 Å². The van der Waals surface area contributed by atoms with E-state index in [-0.39, 0.29) is 9.56 Å². The lowest BCUT2D eigenvalue weighted by atomic mass is 10.3. The van der Waals surface area contributed by atoms with Crippen molar-refractivity contribution in [1.82, 2.24) is 10.0 Å². The average molecular weight is 339 g/mol. The predicted molar refractivity (Wildman–Crippen MR) is 73.9 cm³/mol. The molecule has 7 heteroatoms. The summed E-state index contributed by atoms with van der Waals surface area (Å²) in [6.45, 7) is 6.85. The van der Waals surface area contributed by atoms with Gasteiger partial charge in [-0.2, -0.15) is 0 Å². The summed E-state index contributed by atoms with van der Waals surface area (Å²) in [5.41, 5.74) is 0. The number of hydrogen-bond donors (Lipinski definition) is 2. The number of rotatable bonds is 7. The van der Waals surface area contributed by atoms with Crippen LogP contribution in [0.5, 0.6) is 0 Å². The largest absolute Gasteiger partial charge is 0.452 e. The van der Waals surface area contributed by atoms with E-state index < -0.39 is 10.0 Å². The van der Waals surface area contributed by atoms with Gasteiger partial charge in [-0.3, -0.25) is 0 Å². The second kappa shape index (κ2) is 6.70. The fourth-order valence-electron chi connectivity index (χ4n) is 1.29. The third-order valence-electron chi connectivity index (χ3n) is 2.22. The summed E-state index contributed by atoms with van der Waals surface area (Å²) in [6, 6.07) is 1.85. The van der Waals surface area contributed by atoms with Gasteiger partial charge in [-0.05, 0) is 22.4 Å². The van der Waals surface area contributed by atoms with Crippen LogP contribution in [0.3, 0.4) is 0 Å². The van der Waals surface area contributed by atoms with Crippen LogP contribution in [-0.4, -0.2) is 21.0 Å². The molecule has 18 heavy (non-hydrogen) atoms. The lowest BCUT2D eigenvalue weighted by molar-refractivity contribution is 0.447. The Morgan fingerprint density at radius 3 is 2.67 bits per heavy atom. The second-order valence-corrected chi connectivity index (χ2v) is 6.74. The number of nitrogens with one attached hydrogen (secondary N) is 2. The van der Waals surface area contributed by atoms with Gasteiger partial charge in [0.25, 0.3) is 0 Å². The first kappa shape index (κ1) is 15.7. The Kier molecular flexibility index (Phi) is 5.84. The molecule has 0 amide bonds.